The van der Waals surface area contributed by atoms with Crippen molar-refractivity contribution in [1.82, 2.24) is 15.1 Å². The summed E-state index contributed by atoms with van der Waals surface area (Å²) in [4.78, 5) is 28.2. The molecule has 1 aliphatic rings. The largest absolute Gasteiger partial charge is 0.352 e. The summed E-state index contributed by atoms with van der Waals surface area (Å²) in [5.74, 6) is 0.484. The lowest BCUT2D eigenvalue weighted by Gasteiger charge is -2.24. The lowest BCUT2D eigenvalue weighted by molar-refractivity contribution is -0.130. The number of hydrogen-bond acceptors (Lipinski definition) is 3. The van der Waals surface area contributed by atoms with Gasteiger partial charge in [-0.2, -0.15) is 0 Å². The van der Waals surface area contributed by atoms with Gasteiger partial charge in [-0.25, -0.2) is 4.79 Å². The Morgan fingerprint density at radius 1 is 1.33 bits per heavy atom. The van der Waals surface area contributed by atoms with E-state index in [4.69, 9.17) is 5.73 Å². The highest BCUT2D eigenvalue weighted by Crippen LogP contribution is 2.25. The summed E-state index contributed by atoms with van der Waals surface area (Å²) in [5.41, 5.74) is 7.28. The van der Waals surface area contributed by atoms with E-state index in [0.29, 0.717) is 12.0 Å². The summed E-state index contributed by atoms with van der Waals surface area (Å²) in [7, 11) is 4.08. The molecule has 0 aromatic heterocycles. The average molecular weight is 332 g/mol. The fourth-order valence-electron chi connectivity index (χ4n) is 3.52. The van der Waals surface area contributed by atoms with E-state index < -0.39 is 12.1 Å². The topological polar surface area (TPSA) is 78.7 Å². The number of rotatable bonds is 5. The Morgan fingerprint density at radius 3 is 2.54 bits per heavy atom. The second kappa shape index (κ2) is 7.66. The van der Waals surface area contributed by atoms with Crippen LogP contribution < -0.4 is 11.1 Å². The Bertz CT molecular complexity index is 602. The monoisotopic (exact) mass is 332 g/mol. The van der Waals surface area contributed by atoms with Crippen molar-refractivity contribution in [2.24, 2.45) is 11.7 Å². The number of carbonyl (C=O) groups is 2. The van der Waals surface area contributed by atoms with Crippen molar-refractivity contribution in [3.63, 3.8) is 0 Å². The number of benzene rings is 1. The average Bonchev–Trinajstić information content (AvgIpc) is 2.89. The van der Waals surface area contributed by atoms with E-state index in [1.165, 1.54) is 0 Å². The molecule has 0 aliphatic carbocycles. The van der Waals surface area contributed by atoms with Crippen LogP contribution in [0.2, 0.25) is 0 Å². The van der Waals surface area contributed by atoms with Gasteiger partial charge in [-0.15, -0.1) is 0 Å². The SMILES string of the molecule is Cc1ccccc1C(CC(=O)N1CC(C)C(N(C)C)C1)NC(N)=O. The van der Waals surface area contributed by atoms with Crippen molar-refractivity contribution in [3.8, 4) is 0 Å². The Hall–Kier alpha value is -2.08. The summed E-state index contributed by atoms with van der Waals surface area (Å²) >= 11 is 0. The molecule has 0 spiro atoms. The second-order valence-electron chi connectivity index (χ2n) is 6.93. The molecule has 132 valence electrons. The van der Waals surface area contributed by atoms with Crippen molar-refractivity contribution in [3.05, 3.63) is 35.4 Å². The third-order valence-corrected chi connectivity index (χ3v) is 4.85. The molecular weight excluding hydrogens is 304 g/mol. The molecular formula is C18H28N4O2. The van der Waals surface area contributed by atoms with E-state index >= 15 is 0 Å². The van der Waals surface area contributed by atoms with Gasteiger partial charge in [0.25, 0.3) is 0 Å². The van der Waals surface area contributed by atoms with Crippen LogP contribution in [0, 0.1) is 12.8 Å². The molecule has 0 radical (unpaired) electrons. The predicted molar refractivity (Wildman–Crippen MR) is 94.5 cm³/mol. The Balaban J connectivity index is 2.11. The van der Waals surface area contributed by atoms with Crippen molar-refractivity contribution in [1.29, 1.82) is 0 Å². The second-order valence-corrected chi connectivity index (χ2v) is 6.93. The molecule has 1 fully saturated rings. The van der Waals surface area contributed by atoms with Crippen molar-refractivity contribution < 1.29 is 9.59 Å². The number of aryl methyl sites for hydroxylation is 1. The first-order chi connectivity index (χ1) is 11.3. The Morgan fingerprint density at radius 2 is 2.00 bits per heavy atom. The van der Waals surface area contributed by atoms with Crippen LogP contribution in [0.25, 0.3) is 0 Å². The molecule has 1 heterocycles. The number of nitrogens with two attached hydrogens (primary N) is 1. The van der Waals surface area contributed by atoms with E-state index in [1.807, 2.05) is 50.2 Å². The highest BCUT2D eigenvalue weighted by atomic mass is 16.2. The van der Waals surface area contributed by atoms with E-state index in [9.17, 15) is 9.59 Å². The zero-order valence-corrected chi connectivity index (χ0v) is 15.0. The predicted octanol–water partition coefficient (Wildman–Crippen LogP) is 1.50. The van der Waals surface area contributed by atoms with E-state index in [0.717, 1.165) is 24.2 Å². The van der Waals surface area contributed by atoms with Gasteiger partial charge in [0.05, 0.1) is 12.5 Å². The number of hydrogen-bond donors (Lipinski definition) is 2. The molecule has 3 unspecified atom stereocenters. The van der Waals surface area contributed by atoms with Gasteiger partial charge in [0.1, 0.15) is 0 Å². The molecule has 24 heavy (non-hydrogen) atoms. The molecule has 6 nitrogen and oxygen atoms in total. The highest BCUT2D eigenvalue weighted by Gasteiger charge is 2.34. The van der Waals surface area contributed by atoms with Crippen LogP contribution in [0.5, 0.6) is 0 Å². The fourth-order valence-corrected chi connectivity index (χ4v) is 3.52. The number of amides is 3. The third kappa shape index (κ3) is 4.26. The zero-order chi connectivity index (χ0) is 17.9. The number of likely N-dealkylation sites (N-methyl/N-ethyl adjacent to an activating group) is 1. The van der Waals surface area contributed by atoms with E-state index in [2.05, 4.69) is 17.1 Å². The van der Waals surface area contributed by atoms with Crippen LogP contribution >= 0.6 is 0 Å². The molecule has 1 saturated heterocycles. The summed E-state index contributed by atoms with van der Waals surface area (Å²) in [6.07, 6.45) is 0.223. The first-order valence-corrected chi connectivity index (χ1v) is 8.35. The summed E-state index contributed by atoms with van der Waals surface area (Å²) in [5, 5.41) is 2.72. The standard InChI is InChI=1S/C18H28N4O2/c1-12-7-5-6-8-14(12)15(20-18(19)24)9-17(23)22-10-13(2)16(11-22)21(3)4/h5-8,13,15-16H,9-11H2,1-4H3,(H3,19,20,24). The normalized spacial score (nSPS) is 21.8. The third-order valence-electron chi connectivity index (χ3n) is 4.85. The lowest BCUT2D eigenvalue weighted by Crippen LogP contribution is -2.39. The van der Waals surface area contributed by atoms with Gasteiger partial charge < -0.3 is 20.9 Å². The van der Waals surface area contributed by atoms with Crippen LogP contribution in [0.4, 0.5) is 4.79 Å². The number of nitrogens with zero attached hydrogens (tertiary/aromatic N) is 2. The molecule has 3 N–H and O–H groups in total. The molecule has 6 heteroatoms. The van der Waals surface area contributed by atoms with Gasteiger partial charge in [0.15, 0.2) is 0 Å². The van der Waals surface area contributed by atoms with Crippen LogP contribution in [-0.4, -0.2) is 55.0 Å². The maximum absolute atomic E-state index is 12.8. The molecule has 2 rings (SSSR count). The van der Waals surface area contributed by atoms with Gasteiger partial charge in [0.2, 0.25) is 5.91 Å². The first-order valence-electron chi connectivity index (χ1n) is 8.35. The Labute approximate surface area is 144 Å². The van der Waals surface area contributed by atoms with Gasteiger partial charge in [-0.05, 0) is 38.1 Å². The minimum Gasteiger partial charge on any atom is -0.352 e. The van der Waals surface area contributed by atoms with Crippen LogP contribution in [0.1, 0.15) is 30.5 Å². The summed E-state index contributed by atoms with van der Waals surface area (Å²) in [6, 6.07) is 7.10. The molecule has 0 bridgehead atoms. The zero-order valence-electron chi connectivity index (χ0n) is 15.0. The van der Waals surface area contributed by atoms with Gasteiger partial charge in [0, 0.05) is 19.1 Å². The quantitative estimate of drug-likeness (QED) is 0.858. The molecule has 1 aromatic rings. The van der Waals surface area contributed by atoms with Crippen molar-refractivity contribution >= 4 is 11.9 Å². The molecule has 1 aliphatic heterocycles. The maximum Gasteiger partial charge on any atom is 0.312 e. The maximum atomic E-state index is 12.8. The lowest BCUT2D eigenvalue weighted by atomic mass is 9.98. The smallest absolute Gasteiger partial charge is 0.312 e. The van der Waals surface area contributed by atoms with Crippen LogP contribution in [0.15, 0.2) is 24.3 Å². The number of likely N-dealkylation sites (tertiary alicyclic amines) is 1. The van der Waals surface area contributed by atoms with E-state index in [-0.39, 0.29) is 12.3 Å². The molecule has 1 aromatic carbocycles. The van der Waals surface area contributed by atoms with Crippen molar-refractivity contribution in [2.75, 3.05) is 27.2 Å². The van der Waals surface area contributed by atoms with Gasteiger partial charge in [-0.3, -0.25) is 4.79 Å². The number of nitrogens with one attached hydrogen (secondary N) is 1. The Kier molecular flexibility index (Phi) is 5.83. The van der Waals surface area contributed by atoms with E-state index in [1.54, 1.807) is 0 Å². The number of primary amides is 1. The molecule has 3 atom stereocenters. The van der Waals surface area contributed by atoms with Crippen LogP contribution in [-0.2, 0) is 4.79 Å². The van der Waals surface area contributed by atoms with Crippen molar-refractivity contribution in [2.45, 2.75) is 32.4 Å². The summed E-state index contributed by atoms with van der Waals surface area (Å²) < 4.78 is 0. The summed E-state index contributed by atoms with van der Waals surface area (Å²) in [6.45, 7) is 5.61. The van der Waals surface area contributed by atoms with Crippen LogP contribution in [0.3, 0.4) is 0 Å². The first kappa shape index (κ1) is 18.3. The highest BCUT2D eigenvalue weighted by molar-refractivity contribution is 5.79. The number of urea groups is 1. The van der Waals surface area contributed by atoms with Gasteiger partial charge >= 0.3 is 6.03 Å². The number of carbonyl (C=O) groups excluding carboxylic acids is 2. The molecule has 0 saturated carbocycles. The molecule has 3 amide bonds. The minimum absolute atomic E-state index is 0.0493. The minimum atomic E-state index is -0.614. The fraction of sp³-hybridized carbons (Fsp3) is 0.556. The van der Waals surface area contributed by atoms with Gasteiger partial charge in [-0.1, -0.05) is 31.2 Å².